The quantitative estimate of drug-likeness (QED) is 0.737. The third kappa shape index (κ3) is 3.21. The standard InChI is InChI=1S/2C8H9NO/c2*1-2-7-3-5-10-6-8(7)9-4-1/h2*1-2,4H,3,5-6H2. The van der Waals surface area contributed by atoms with Crippen LogP contribution < -0.4 is 0 Å². The molecule has 0 bridgehead atoms. The number of hydrogen-bond donors (Lipinski definition) is 0. The topological polar surface area (TPSA) is 44.2 Å². The molecule has 0 aromatic carbocycles. The van der Waals surface area contributed by atoms with Crippen LogP contribution in [0.1, 0.15) is 22.5 Å². The Balaban J connectivity index is 0.000000121. The Morgan fingerprint density at radius 3 is 1.70 bits per heavy atom. The Labute approximate surface area is 118 Å². The van der Waals surface area contributed by atoms with Gasteiger partial charge in [0.25, 0.3) is 0 Å². The number of rotatable bonds is 0. The van der Waals surface area contributed by atoms with Gasteiger partial charge in [0.15, 0.2) is 0 Å². The van der Waals surface area contributed by atoms with E-state index in [0.717, 1.165) is 37.4 Å². The van der Waals surface area contributed by atoms with E-state index in [9.17, 15) is 0 Å². The van der Waals surface area contributed by atoms with Crippen molar-refractivity contribution in [3.05, 3.63) is 59.2 Å². The van der Waals surface area contributed by atoms with E-state index < -0.39 is 0 Å². The van der Waals surface area contributed by atoms with E-state index in [2.05, 4.69) is 22.1 Å². The number of ether oxygens (including phenoxy) is 2. The lowest BCUT2D eigenvalue weighted by atomic mass is 10.1. The zero-order chi connectivity index (χ0) is 13.6. The summed E-state index contributed by atoms with van der Waals surface area (Å²) in [5, 5.41) is 0. The second kappa shape index (κ2) is 6.59. The van der Waals surface area contributed by atoms with E-state index in [1.807, 2.05) is 24.5 Å². The lowest BCUT2D eigenvalue weighted by Crippen LogP contribution is -2.10. The highest BCUT2D eigenvalue weighted by atomic mass is 16.5. The molecule has 2 aliphatic heterocycles. The van der Waals surface area contributed by atoms with E-state index in [4.69, 9.17) is 9.47 Å². The summed E-state index contributed by atoms with van der Waals surface area (Å²) in [6.45, 7) is 3.07. The summed E-state index contributed by atoms with van der Waals surface area (Å²) in [5.74, 6) is 0. The SMILES string of the molecule is c1cnc2c(c1)CCOC2.c1cnc2c(c1)CCOC2. The summed E-state index contributed by atoms with van der Waals surface area (Å²) in [6.07, 6.45) is 5.66. The van der Waals surface area contributed by atoms with Crippen LogP contribution in [0.25, 0.3) is 0 Å². The number of fused-ring (bicyclic) bond motifs is 2. The minimum absolute atomic E-state index is 0.691. The number of aromatic nitrogens is 2. The second-order valence-electron chi connectivity index (χ2n) is 4.82. The molecular formula is C16H18N2O2. The lowest BCUT2D eigenvalue weighted by molar-refractivity contribution is 0.107. The maximum Gasteiger partial charge on any atom is 0.0890 e. The molecule has 0 atom stereocenters. The third-order valence-corrected chi connectivity index (χ3v) is 3.48. The van der Waals surface area contributed by atoms with Crippen molar-refractivity contribution < 1.29 is 9.47 Å². The minimum atomic E-state index is 0.691. The van der Waals surface area contributed by atoms with E-state index in [1.165, 1.54) is 11.1 Å². The lowest BCUT2D eigenvalue weighted by Gasteiger charge is -2.13. The monoisotopic (exact) mass is 270 g/mol. The van der Waals surface area contributed by atoms with Gasteiger partial charge in [0.05, 0.1) is 37.8 Å². The Hall–Kier alpha value is -1.78. The second-order valence-corrected chi connectivity index (χ2v) is 4.82. The zero-order valence-corrected chi connectivity index (χ0v) is 11.4. The molecule has 2 aromatic rings. The molecule has 0 N–H and O–H groups in total. The summed E-state index contributed by atoms with van der Waals surface area (Å²) < 4.78 is 10.5. The average molecular weight is 270 g/mol. The van der Waals surface area contributed by atoms with Gasteiger partial charge in [0.1, 0.15) is 0 Å². The summed E-state index contributed by atoms with van der Waals surface area (Å²) in [5.41, 5.74) is 4.89. The average Bonchev–Trinajstić information content (AvgIpc) is 2.56. The fraction of sp³-hybridized carbons (Fsp3) is 0.375. The Kier molecular flexibility index (Phi) is 4.35. The van der Waals surface area contributed by atoms with Crippen LogP contribution in [-0.4, -0.2) is 23.2 Å². The van der Waals surface area contributed by atoms with Gasteiger partial charge in [-0.1, -0.05) is 12.1 Å². The molecule has 20 heavy (non-hydrogen) atoms. The maximum atomic E-state index is 5.23. The first-order chi connectivity index (χ1) is 9.93. The highest BCUT2D eigenvalue weighted by Gasteiger charge is 2.08. The molecule has 0 fully saturated rings. The van der Waals surface area contributed by atoms with Crippen LogP contribution in [0.5, 0.6) is 0 Å². The van der Waals surface area contributed by atoms with Crippen molar-refractivity contribution in [1.29, 1.82) is 0 Å². The Bertz CT molecular complexity index is 470. The molecule has 0 unspecified atom stereocenters. The highest BCUT2D eigenvalue weighted by Crippen LogP contribution is 2.13. The maximum absolute atomic E-state index is 5.23. The van der Waals surface area contributed by atoms with Crippen molar-refractivity contribution in [2.45, 2.75) is 26.1 Å². The molecule has 104 valence electrons. The molecule has 0 saturated carbocycles. The van der Waals surface area contributed by atoms with Gasteiger partial charge >= 0.3 is 0 Å². The number of pyridine rings is 2. The molecular weight excluding hydrogens is 252 g/mol. The molecule has 2 aliphatic rings. The summed E-state index contributed by atoms with van der Waals surface area (Å²) in [7, 11) is 0. The van der Waals surface area contributed by atoms with E-state index in [1.54, 1.807) is 0 Å². The van der Waals surface area contributed by atoms with Gasteiger partial charge in [-0.15, -0.1) is 0 Å². The van der Waals surface area contributed by atoms with Crippen LogP contribution in [0, 0.1) is 0 Å². The molecule has 0 spiro atoms. The first-order valence-corrected chi connectivity index (χ1v) is 6.94. The van der Waals surface area contributed by atoms with Crippen LogP contribution >= 0.6 is 0 Å². The molecule has 0 saturated heterocycles. The summed E-state index contributed by atoms with van der Waals surface area (Å²) in [4.78, 5) is 8.39. The summed E-state index contributed by atoms with van der Waals surface area (Å²) >= 11 is 0. The Morgan fingerprint density at radius 2 is 1.25 bits per heavy atom. The normalized spacial score (nSPS) is 16.4. The smallest absolute Gasteiger partial charge is 0.0890 e. The molecule has 2 aromatic heterocycles. The van der Waals surface area contributed by atoms with Crippen molar-refractivity contribution >= 4 is 0 Å². The first kappa shape index (κ1) is 13.2. The fourth-order valence-electron chi connectivity index (χ4n) is 2.36. The van der Waals surface area contributed by atoms with E-state index in [0.29, 0.717) is 13.2 Å². The van der Waals surface area contributed by atoms with Crippen LogP contribution in [0.2, 0.25) is 0 Å². The van der Waals surface area contributed by atoms with Crippen molar-refractivity contribution in [2.75, 3.05) is 13.2 Å². The largest absolute Gasteiger partial charge is 0.375 e. The minimum Gasteiger partial charge on any atom is -0.375 e. The van der Waals surface area contributed by atoms with Crippen LogP contribution in [0.15, 0.2) is 36.7 Å². The predicted octanol–water partition coefficient (Wildman–Crippen LogP) is 2.31. The van der Waals surface area contributed by atoms with Crippen molar-refractivity contribution in [1.82, 2.24) is 9.97 Å². The van der Waals surface area contributed by atoms with Crippen LogP contribution in [0.4, 0.5) is 0 Å². The summed E-state index contributed by atoms with van der Waals surface area (Å²) in [6, 6.07) is 8.18. The van der Waals surface area contributed by atoms with Crippen LogP contribution in [-0.2, 0) is 35.5 Å². The third-order valence-electron chi connectivity index (χ3n) is 3.48. The van der Waals surface area contributed by atoms with Gasteiger partial charge in [0, 0.05) is 12.4 Å². The fourth-order valence-corrected chi connectivity index (χ4v) is 2.36. The van der Waals surface area contributed by atoms with Crippen molar-refractivity contribution in [3.63, 3.8) is 0 Å². The number of nitrogens with zero attached hydrogens (tertiary/aromatic N) is 2. The molecule has 4 nitrogen and oxygen atoms in total. The zero-order valence-electron chi connectivity index (χ0n) is 11.4. The highest BCUT2D eigenvalue weighted by molar-refractivity contribution is 5.21. The van der Waals surface area contributed by atoms with Crippen LogP contribution in [0.3, 0.4) is 0 Å². The van der Waals surface area contributed by atoms with E-state index >= 15 is 0 Å². The Morgan fingerprint density at radius 1 is 0.750 bits per heavy atom. The molecule has 4 heterocycles. The van der Waals surface area contributed by atoms with Gasteiger partial charge in [-0.3, -0.25) is 9.97 Å². The predicted molar refractivity (Wildman–Crippen MR) is 75.2 cm³/mol. The van der Waals surface area contributed by atoms with Gasteiger partial charge < -0.3 is 9.47 Å². The van der Waals surface area contributed by atoms with Gasteiger partial charge in [0.2, 0.25) is 0 Å². The molecule has 4 heteroatoms. The van der Waals surface area contributed by atoms with Crippen molar-refractivity contribution in [2.24, 2.45) is 0 Å². The molecule has 4 rings (SSSR count). The molecule has 0 amide bonds. The first-order valence-electron chi connectivity index (χ1n) is 6.94. The van der Waals surface area contributed by atoms with E-state index in [-0.39, 0.29) is 0 Å². The molecule has 0 radical (unpaired) electrons. The van der Waals surface area contributed by atoms with Crippen molar-refractivity contribution in [3.8, 4) is 0 Å². The van der Waals surface area contributed by atoms with Gasteiger partial charge in [-0.25, -0.2) is 0 Å². The number of hydrogen-bond acceptors (Lipinski definition) is 4. The van der Waals surface area contributed by atoms with Gasteiger partial charge in [-0.2, -0.15) is 0 Å². The molecule has 0 aliphatic carbocycles. The van der Waals surface area contributed by atoms with Gasteiger partial charge in [-0.05, 0) is 36.1 Å².